The van der Waals surface area contributed by atoms with Crippen LogP contribution in [0.5, 0.6) is 5.75 Å². The summed E-state index contributed by atoms with van der Waals surface area (Å²) in [6.45, 7) is 5.04. The Labute approximate surface area is 287 Å². The molecule has 0 aliphatic carbocycles. The number of halogens is 2. The van der Waals surface area contributed by atoms with Crippen LogP contribution in [0.25, 0.3) is 0 Å². The molecule has 0 unspecified atom stereocenters. The smallest absolute Gasteiger partial charge is 0.264 e. The van der Waals surface area contributed by atoms with E-state index in [1.165, 1.54) is 36.3 Å². The molecule has 2 atom stereocenters. The average molecular weight is 697 g/mol. The van der Waals surface area contributed by atoms with Gasteiger partial charge in [-0.25, -0.2) is 8.42 Å². The average Bonchev–Trinajstić information content (AvgIpc) is 3.06. The fourth-order valence-electron chi connectivity index (χ4n) is 4.98. The number of carbonyl (C=O) groups is 2. The van der Waals surface area contributed by atoms with Crippen LogP contribution >= 0.6 is 23.2 Å². The van der Waals surface area contributed by atoms with Crippen molar-refractivity contribution in [1.82, 2.24) is 10.2 Å². The molecule has 0 aliphatic heterocycles. The van der Waals surface area contributed by atoms with Crippen molar-refractivity contribution in [3.63, 3.8) is 0 Å². The molecule has 0 saturated heterocycles. The van der Waals surface area contributed by atoms with E-state index in [0.717, 1.165) is 15.4 Å². The number of nitrogens with one attached hydrogen (secondary N) is 1. The third kappa shape index (κ3) is 9.06. The van der Waals surface area contributed by atoms with Gasteiger partial charge < -0.3 is 15.0 Å². The summed E-state index contributed by atoms with van der Waals surface area (Å²) in [7, 11) is -2.83. The number of carbonyl (C=O) groups excluding carboxylic acids is 2. The maximum atomic E-state index is 14.6. The number of nitrogens with zero attached hydrogens (tertiary/aromatic N) is 2. The maximum absolute atomic E-state index is 14.6. The van der Waals surface area contributed by atoms with Crippen molar-refractivity contribution in [2.45, 2.75) is 57.1 Å². The van der Waals surface area contributed by atoms with Gasteiger partial charge in [-0.3, -0.25) is 13.9 Å². The summed E-state index contributed by atoms with van der Waals surface area (Å²) >= 11 is 13.0. The van der Waals surface area contributed by atoms with Gasteiger partial charge in [0, 0.05) is 24.0 Å². The largest absolute Gasteiger partial charge is 0.495 e. The number of aryl methyl sites for hydroxylation is 1. The van der Waals surface area contributed by atoms with Crippen molar-refractivity contribution in [3.8, 4) is 5.75 Å². The number of sulfonamides is 1. The van der Waals surface area contributed by atoms with E-state index in [9.17, 15) is 18.0 Å². The lowest BCUT2D eigenvalue weighted by molar-refractivity contribution is -0.140. The molecular formula is C36H39Cl2N3O5S. The summed E-state index contributed by atoms with van der Waals surface area (Å²) in [5.74, 6) is -0.615. The molecule has 248 valence electrons. The summed E-state index contributed by atoms with van der Waals surface area (Å²) in [6, 6.07) is 26.1. The van der Waals surface area contributed by atoms with Crippen LogP contribution in [-0.4, -0.2) is 50.9 Å². The van der Waals surface area contributed by atoms with Gasteiger partial charge in [-0.1, -0.05) is 96.4 Å². The SMILES string of the molecule is CC[C@@H](C)NC(=O)[C@H](Cc1ccccc1)N(Cc1ccccc1Cl)C(=O)CN(c1ccc(OC)c(Cl)c1)S(=O)(=O)c1ccc(C)cc1. The van der Waals surface area contributed by atoms with Crippen LogP contribution in [-0.2, 0) is 32.6 Å². The minimum absolute atomic E-state index is 0.00385. The molecule has 0 bridgehead atoms. The van der Waals surface area contributed by atoms with Gasteiger partial charge >= 0.3 is 0 Å². The van der Waals surface area contributed by atoms with E-state index in [2.05, 4.69) is 5.32 Å². The van der Waals surface area contributed by atoms with Crippen molar-refractivity contribution >= 4 is 50.7 Å². The molecule has 47 heavy (non-hydrogen) atoms. The Morgan fingerprint density at radius 3 is 2.17 bits per heavy atom. The lowest BCUT2D eigenvalue weighted by Gasteiger charge is -2.34. The Bertz CT molecular complexity index is 1790. The van der Waals surface area contributed by atoms with E-state index in [4.69, 9.17) is 27.9 Å². The molecular weight excluding hydrogens is 657 g/mol. The van der Waals surface area contributed by atoms with Gasteiger partial charge in [0.25, 0.3) is 10.0 Å². The van der Waals surface area contributed by atoms with Gasteiger partial charge in [0.2, 0.25) is 11.8 Å². The molecule has 4 aromatic carbocycles. The number of anilines is 1. The molecule has 0 radical (unpaired) electrons. The van der Waals surface area contributed by atoms with Crippen molar-refractivity contribution in [3.05, 3.63) is 124 Å². The summed E-state index contributed by atoms with van der Waals surface area (Å²) < 4.78 is 34.8. The quantitative estimate of drug-likeness (QED) is 0.152. The van der Waals surface area contributed by atoms with Crippen molar-refractivity contribution in [1.29, 1.82) is 0 Å². The summed E-state index contributed by atoms with van der Waals surface area (Å²) in [5.41, 5.74) is 2.48. The van der Waals surface area contributed by atoms with Gasteiger partial charge in [0.1, 0.15) is 18.3 Å². The van der Waals surface area contributed by atoms with Crippen LogP contribution in [0, 0.1) is 6.92 Å². The van der Waals surface area contributed by atoms with E-state index in [-0.39, 0.29) is 40.5 Å². The lowest BCUT2D eigenvalue weighted by Crippen LogP contribution is -2.54. The van der Waals surface area contributed by atoms with Gasteiger partial charge in [-0.15, -0.1) is 0 Å². The first-order chi connectivity index (χ1) is 22.4. The number of hydrogen-bond donors (Lipinski definition) is 1. The third-order valence-corrected chi connectivity index (χ3v) is 10.3. The zero-order valence-electron chi connectivity index (χ0n) is 26.8. The summed E-state index contributed by atoms with van der Waals surface area (Å²) in [5, 5.41) is 3.61. The number of benzene rings is 4. The molecule has 8 nitrogen and oxygen atoms in total. The van der Waals surface area contributed by atoms with E-state index in [1.54, 1.807) is 42.5 Å². The molecule has 11 heteroatoms. The molecule has 1 N–H and O–H groups in total. The molecule has 0 aliphatic rings. The van der Waals surface area contributed by atoms with Gasteiger partial charge in [0.05, 0.1) is 22.7 Å². The standard InChI is InChI=1S/C36H39Cl2N3O5S/c1-5-26(3)39-36(43)33(21-27-11-7-6-8-12-27)40(23-28-13-9-10-14-31(28)37)35(42)24-41(29-17-20-34(46-4)32(38)22-29)47(44,45)30-18-15-25(2)16-19-30/h6-20,22,26,33H,5,21,23-24H2,1-4H3,(H,39,43)/t26-,33+/m1/s1. The first kappa shape index (κ1) is 35.8. The molecule has 2 amide bonds. The Morgan fingerprint density at radius 1 is 0.894 bits per heavy atom. The minimum Gasteiger partial charge on any atom is -0.495 e. The Hall–Kier alpha value is -4.05. The number of hydrogen-bond acceptors (Lipinski definition) is 5. The molecule has 0 fully saturated rings. The van der Waals surface area contributed by atoms with Crippen LogP contribution in [0.2, 0.25) is 10.0 Å². The van der Waals surface area contributed by atoms with Gasteiger partial charge in [-0.05, 0) is 67.8 Å². The highest BCUT2D eigenvalue weighted by Crippen LogP contribution is 2.32. The van der Waals surface area contributed by atoms with Crippen LogP contribution in [0.15, 0.2) is 102 Å². The van der Waals surface area contributed by atoms with Crippen molar-refractivity contribution in [2.24, 2.45) is 0 Å². The maximum Gasteiger partial charge on any atom is 0.264 e. The third-order valence-electron chi connectivity index (χ3n) is 7.88. The summed E-state index contributed by atoms with van der Waals surface area (Å²) in [6.07, 6.45) is 0.876. The molecule has 4 aromatic rings. The number of rotatable bonds is 14. The molecule has 0 spiro atoms. The predicted octanol–water partition coefficient (Wildman–Crippen LogP) is 7.06. The lowest BCUT2D eigenvalue weighted by atomic mass is 10.0. The van der Waals surface area contributed by atoms with Crippen molar-refractivity contribution in [2.75, 3.05) is 18.0 Å². The fraction of sp³-hybridized carbons (Fsp3) is 0.278. The molecule has 0 heterocycles. The topological polar surface area (TPSA) is 96.0 Å². The second-order valence-electron chi connectivity index (χ2n) is 11.3. The van der Waals surface area contributed by atoms with Crippen LogP contribution in [0.1, 0.15) is 37.0 Å². The monoisotopic (exact) mass is 695 g/mol. The normalized spacial score (nSPS) is 12.6. The van der Waals surface area contributed by atoms with E-state index >= 15 is 0 Å². The Balaban J connectivity index is 1.84. The number of amides is 2. The Morgan fingerprint density at radius 2 is 1.55 bits per heavy atom. The predicted molar refractivity (Wildman–Crippen MR) is 188 cm³/mol. The number of methoxy groups -OCH3 is 1. The van der Waals surface area contributed by atoms with Crippen molar-refractivity contribution < 1.29 is 22.7 Å². The molecule has 4 rings (SSSR count). The Kier molecular flexibility index (Phi) is 12.3. The van der Waals surface area contributed by atoms with E-state index < -0.39 is 28.5 Å². The summed E-state index contributed by atoms with van der Waals surface area (Å²) in [4.78, 5) is 30.0. The van der Waals surface area contributed by atoms with Crippen LogP contribution in [0.3, 0.4) is 0 Å². The van der Waals surface area contributed by atoms with Gasteiger partial charge in [-0.2, -0.15) is 0 Å². The second kappa shape index (κ2) is 16.2. The minimum atomic E-state index is -4.28. The number of ether oxygens (including phenoxy) is 1. The highest BCUT2D eigenvalue weighted by atomic mass is 35.5. The second-order valence-corrected chi connectivity index (χ2v) is 14.0. The molecule has 0 aromatic heterocycles. The van der Waals surface area contributed by atoms with E-state index in [1.807, 2.05) is 51.1 Å². The highest BCUT2D eigenvalue weighted by molar-refractivity contribution is 7.92. The van der Waals surface area contributed by atoms with Crippen LogP contribution in [0.4, 0.5) is 5.69 Å². The van der Waals surface area contributed by atoms with E-state index in [0.29, 0.717) is 22.8 Å². The highest BCUT2D eigenvalue weighted by Gasteiger charge is 2.35. The fourth-order valence-corrected chi connectivity index (χ4v) is 6.84. The first-order valence-electron chi connectivity index (χ1n) is 15.2. The molecule has 0 saturated carbocycles. The van der Waals surface area contributed by atoms with Crippen LogP contribution < -0.4 is 14.4 Å². The zero-order valence-corrected chi connectivity index (χ0v) is 29.1. The first-order valence-corrected chi connectivity index (χ1v) is 17.4. The zero-order chi connectivity index (χ0) is 34.1. The van der Waals surface area contributed by atoms with Gasteiger partial charge in [0.15, 0.2) is 0 Å².